The van der Waals surface area contributed by atoms with Gasteiger partial charge in [0.05, 0.1) is 27.0 Å². The molecule has 0 spiro atoms. The lowest BCUT2D eigenvalue weighted by molar-refractivity contribution is 0.395. The number of hydrogen-bond acceptors (Lipinski definition) is 7. The van der Waals surface area contributed by atoms with E-state index in [0.717, 1.165) is 22.9 Å². The van der Waals surface area contributed by atoms with Crippen LogP contribution >= 0.6 is 0 Å². The van der Waals surface area contributed by atoms with Crippen molar-refractivity contribution in [2.75, 3.05) is 32.0 Å². The standard InChI is InChI=1S/C19H20N4O3/c1-24-14-6-4-5-13(9-14)22-18-11-19(21-12-20-18)23-16-8-7-15(25-2)10-17(16)26-3/h4-12H,1-3H3,(H2,20,21,22,23). The number of nitrogens with one attached hydrogen (secondary N) is 2. The van der Waals surface area contributed by atoms with Gasteiger partial charge in [0, 0.05) is 23.9 Å². The molecule has 0 atom stereocenters. The van der Waals surface area contributed by atoms with Crippen LogP contribution in [0.3, 0.4) is 0 Å². The van der Waals surface area contributed by atoms with Crippen molar-refractivity contribution in [2.24, 2.45) is 0 Å². The lowest BCUT2D eigenvalue weighted by Crippen LogP contribution is -2.00. The van der Waals surface area contributed by atoms with Gasteiger partial charge in [-0.3, -0.25) is 0 Å². The Morgan fingerprint density at radius 2 is 1.46 bits per heavy atom. The van der Waals surface area contributed by atoms with E-state index in [1.165, 1.54) is 6.33 Å². The van der Waals surface area contributed by atoms with Crippen molar-refractivity contribution >= 4 is 23.0 Å². The summed E-state index contributed by atoms with van der Waals surface area (Å²) in [7, 11) is 4.85. The van der Waals surface area contributed by atoms with E-state index in [4.69, 9.17) is 14.2 Å². The van der Waals surface area contributed by atoms with Crippen molar-refractivity contribution in [3.8, 4) is 17.2 Å². The Labute approximate surface area is 152 Å². The summed E-state index contributed by atoms with van der Waals surface area (Å²) >= 11 is 0. The SMILES string of the molecule is COc1cccc(Nc2cc(Nc3ccc(OC)cc3OC)ncn2)c1. The number of anilines is 4. The first-order chi connectivity index (χ1) is 12.7. The highest BCUT2D eigenvalue weighted by Gasteiger charge is 2.07. The second-order valence-electron chi connectivity index (χ2n) is 5.34. The van der Waals surface area contributed by atoms with E-state index >= 15 is 0 Å². The number of benzene rings is 2. The van der Waals surface area contributed by atoms with Gasteiger partial charge in [-0.05, 0) is 24.3 Å². The molecule has 3 rings (SSSR count). The molecule has 134 valence electrons. The van der Waals surface area contributed by atoms with Gasteiger partial charge in [-0.2, -0.15) is 0 Å². The van der Waals surface area contributed by atoms with Crippen molar-refractivity contribution in [1.82, 2.24) is 9.97 Å². The zero-order chi connectivity index (χ0) is 18.4. The molecule has 1 aromatic heterocycles. The third-order valence-corrected chi connectivity index (χ3v) is 3.68. The first-order valence-electron chi connectivity index (χ1n) is 7.94. The Morgan fingerprint density at radius 1 is 0.731 bits per heavy atom. The summed E-state index contributed by atoms with van der Waals surface area (Å²) in [5, 5.41) is 6.46. The van der Waals surface area contributed by atoms with Crippen molar-refractivity contribution < 1.29 is 14.2 Å². The minimum atomic E-state index is 0.633. The number of hydrogen-bond donors (Lipinski definition) is 2. The largest absolute Gasteiger partial charge is 0.497 e. The predicted octanol–water partition coefficient (Wildman–Crippen LogP) is 3.99. The van der Waals surface area contributed by atoms with Crippen LogP contribution in [0.2, 0.25) is 0 Å². The van der Waals surface area contributed by atoms with Crippen LogP contribution in [-0.2, 0) is 0 Å². The molecule has 2 N–H and O–H groups in total. The van der Waals surface area contributed by atoms with Crippen molar-refractivity contribution in [2.45, 2.75) is 0 Å². The van der Waals surface area contributed by atoms with E-state index in [2.05, 4.69) is 20.6 Å². The summed E-state index contributed by atoms with van der Waals surface area (Å²) in [5.74, 6) is 3.43. The number of ether oxygens (including phenoxy) is 3. The maximum Gasteiger partial charge on any atom is 0.146 e. The van der Waals surface area contributed by atoms with Gasteiger partial charge in [-0.25, -0.2) is 9.97 Å². The zero-order valence-corrected chi connectivity index (χ0v) is 14.8. The quantitative estimate of drug-likeness (QED) is 0.666. The topological polar surface area (TPSA) is 77.5 Å². The van der Waals surface area contributed by atoms with Crippen LogP contribution in [0.5, 0.6) is 17.2 Å². The van der Waals surface area contributed by atoms with Crippen LogP contribution in [0.25, 0.3) is 0 Å². The van der Waals surface area contributed by atoms with Gasteiger partial charge in [-0.1, -0.05) is 6.07 Å². The molecule has 26 heavy (non-hydrogen) atoms. The summed E-state index contributed by atoms with van der Waals surface area (Å²) in [6, 6.07) is 14.9. The second kappa shape index (κ2) is 8.06. The van der Waals surface area contributed by atoms with E-state index in [1.54, 1.807) is 27.4 Å². The highest BCUT2D eigenvalue weighted by Crippen LogP contribution is 2.31. The first kappa shape index (κ1) is 17.3. The number of rotatable bonds is 7. The van der Waals surface area contributed by atoms with Crippen LogP contribution < -0.4 is 24.8 Å². The Kier molecular flexibility index (Phi) is 5.38. The molecule has 0 aliphatic carbocycles. The third-order valence-electron chi connectivity index (χ3n) is 3.68. The van der Waals surface area contributed by atoms with Gasteiger partial charge >= 0.3 is 0 Å². The summed E-state index contributed by atoms with van der Waals surface area (Å²) in [6.07, 6.45) is 1.49. The van der Waals surface area contributed by atoms with Gasteiger partial charge in [-0.15, -0.1) is 0 Å². The molecule has 0 saturated heterocycles. The normalized spacial score (nSPS) is 10.1. The summed E-state index contributed by atoms with van der Waals surface area (Å²) < 4.78 is 15.8. The van der Waals surface area contributed by atoms with Crippen LogP contribution in [-0.4, -0.2) is 31.3 Å². The average molecular weight is 352 g/mol. The molecular weight excluding hydrogens is 332 g/mol. The van der Waals surface area contributed by atoms with E-state index in [0.29, 0.717) is 17.4 Å². The van der Waals surface area contributed by atoms with E-state index in [-0.39, 0.29) is 0 Å². The number of methoxy groups -OCH3 is 3. The molecular formula is C19H20N4O3. The summed E-state index contributed by atoms with van der Waals surface area (Å²) in [5.41, 5.74) is 1.65. The highest BCUT2D eigenvalue weighted by atomic mass is 16.5. The minimum absolute atomic E-state index is 0.633. The smallest absolute Gasteiger partial charge is 0.146 e. The number of nitrogens with zero attached hydrogens (tertiary/aromatic N) is 2. The zero-order valence-electron chi connectivity index (χ0n) is 14.8. The maximum atomic E-state index is 5.40. The van der Waals surface area contributed by atoms with Crippen molar-refractivity contribution in [3.05, 3.63) is 54.9 Å². The molecule has 7 heteroatoms. The molecule has 7 nitrogen and oxygen atoms in total. The second-order valence-corrected chi connectivity index (χ2v) is 5.34. The molecule has 2 aromatic carbocycles. The molecule has 0 amide bonds. The Morgan fingerprint density at radius 3 is 2.19 bits per heavy atom. The van der Waals surface area contributed by atoms with Gasteiger partial charge < -0.3 is 24.8 Å². The van der Waals surface area contributed by atoms with Gasteiger partial charge in [0.15, 0.2) is 0 Å². The molecule has 0 bridgehead atoms. The fraction of sp³-hybridized carbons (Fsp3) is 0.158. The van der Waals surface area contributed by atoms with Gasteiger partial charge in [0.25, 0.3) is 0 Å². The molecule has 3 aromatic rings. The molecule has 0 aliphatic rings. The maximum absolute atomic E-state index is 5.40. The predicted molar refractivity (Wildman–Crippen MR) is 101 cm³/mol. The highest BCUT2D eigenvalue weighted by molar-refractivity contribution is 5.68. The van der Waals surface area contributed by atoms with Crippen LogP contribution in [0.4, 0.5) is 23.0 Å². The molecule has 0 fully saturated rings. The molecule has 0 radical (unpaired) electrons. The van der Waals surface area contributed by atoms with Crippen LogP contribution in [0.1, 0.15) is 0 Å². The fourth-order valence-electron chi connectivity index (χ4n) is 2.38. The first-order valence-corrected chi connectivity index (χ1v) is 7.94. The van der Waals surface area contributed by atoms with Crippen molar-refractivity contribution in [3.63, 3.8) is 0 Å². The van der Waals surface area contributed by atoms with E-state index in [1.807, 2.05) is 42.5 Å². The third kappa shape index (κ3) is 4.13. The fourth-order valence-corrected chi connectivity index (χ4v) is 2.38. The summed E-state index contributed by atoms with van der Waals surface area (Å²) in [4.78, 5) is 8.50. The van der Waals surface area contributed by atoms with Gasteiger partial charge in [0.1, 0.15) is 35.2 Å². The lowest BCUT2D eigenvalue weighted by atomic mass is 10.2. The van der Waals surface area contributed by atoms with Crippen molar-refractivity contribution in [1.29, 1.82) is 0 Å². The monoisotopic (exact) mass is 352 g/mol. The van der Waals surface area contributed by atoms with Gasteiger partial charge in [0.2, 0.25) is 0 Å². The Balaban J connectivity index is 1.79. The molecule has 0 saturated carbocycles. The minimum Gasteiger partial charge on any atom is -0.497 e. The summed E-state index contributed by atoms with van der Waals surface area (Å²) in [6.45, 7) is 0. The molecule has 0 aliphatic heterocycles. The Hall–Kier alpha value is -3.48. The number of aromatic nitrogens is 2. The van der Waals surface area contributed by atoms with Crippen LogP contribution in [0, 0.1) is 0 Å². The molecule has 1 heterocycles. The lowest BCUT2D eigenvalue weighted by Gasteiger charge is -2.13. The molecule has 0 unspecified atom stereocenters. The van der Waals surface area contributed by atoms with E-state index < -0.39 is 0 Å². The average Bonchev–Trinajstić information content (AvgIpc) is 2.68. The van der Waals surface area contributed by atoms with Crippen LogP contribution in [0.15, 0.2) is 54.9 Å². The Bertz CT molecular complexity index is 886. The van der Waals surface area contributed by atoms with E-state index in [9.17, 15) is 0 Å².